The number of imide groups is 1. The molecule has 21 heavy (non-hydrogen) atoms. The summed E-state index contributed by atoms with van der Waals surface area (Å²) in [5.41, 5.74) is 4.66. The zero-order valence-corrected chi connectivity index (χ0v) is 13.8. The van der Waals surface area contributed by atoms with Crippen molar-refractivity contribution in [3.63, 3.8) is 0 Å². The van der Waals surface area contributed by atoms with Crippen molar-refractivity contribution in [1.29, 1.82) is 0 Å². The highest BCUT2D eigenvalue weighted by Gasteiger charge is 2.47. The van der Waals surface area contributed by atoms with Crippen LogP contribution in [-0.4, -0.2) is 36.6 Å². The van der Waals surface area contributed by atoms with Gasteiger partial charge in [-0.25, -0.2) is 8.42 Å². The third-order valence-corrected chi connectivity index (χ3v) is 5.98. The van der Waals surface area contributed by atoms with Crippen molar-refractivity contribution in [2.75, 3.05) is 12.3 Å². The van der Waals surface area contributed by atoms with E-state index in [-0.39, 0.29) is 4.90 Å². The Morgan fingerprint density at radius 1 is 1.33 bits per heavy atom. The first-order chi connectivity index (χ1) is 9.56. The van der Waals surface area contributed by atoms with Crippen molar-refractivity contribution in [3.05, 3.63) is 22.7 Å². The van der Waals surface area contributed by atoms with Crippen LogP contribution in [0.1, 0.15) is 13.8 Å². The maximum absolute atomic E-state index is 12.7. The van der Waals surface area contributed by atoms with Gasteiger partial charge in [-0.2, -0.15) is 4.31 Å². The molecule has 1 saturated heterocycles. The minimum Gasteiger partial charge on any atom is -0.398 e. The van der Waals surface area contributed by atoms with Crippen LogP contribution in [0.5, 0.6) is 0 Å². The number of hydrogen-bond acceptors (Lipinski definition) is 5. The molecule has 9 heteroatoms. The molecule has 1 aliphatic heterocycles. The normalized spacial score (nSPS) is 19.4. The van der Waals surface area contributed by atoms with E-state index in [0.29, 0.717) is 10.2 Å². The second-order valence-electron chi connectivity index (χ2n) is 5.13. The molecule has 0 bridgehead atoms. The van der Waals surface area contributed by atoms with Crippen LogP contribution in [0.2, 0.25) is 0 Å². The molecule has 0 saturated carbocycles. The standard InChI is InChI=1S/C12H14BrN3O4S/c1-12(2)11(18)15-10(17)6-16(12)21(19,20)7-3-4-9(14)8(13)5-7/h3-5H,6,14H2,1-2H3,(H,15,17,18). The molecule has 1 heterocycles. The topological polar surface area (TPSA) is 110 Å². The number of nitrogens with one attached hydrogen (secondary N) is 1. The molecule has 7 nitrogen and oxygen atoms in total. The molecule has 0 radical (unpaired) electrons. The van der Waals surface area contributed by atoms with Gasteiger partial charge in [-0.1, -0.05) is 0 Å². The lowest BCUT2D eigenvalue weighted by Crippen LogP contribution is -2.65. The number of carbonyl (C=O) groups is 2. The predicted octanol–water partition coefficient (Wildman–Crippen LogP) is 0.457. The van der Waals surface area contributed by atoms with Crippen molar-refractivity contribution in [3.8, 4) is 0 Å². The lowest BCUT2D eigenvalue weighted by Gasteiger charge is -2.38. The van der Waals surface area contributed by atoms with Gasteiger partial charge < -0.3 is 5.73 Å². The molecule has 1 fully saturated rings. The second-order valence-corrected chi connectivity index (χ2v) is 7.85. The average molecular weight is 376 g/mol. The molecular formula is C12H14BrN3O4S. The number of rotatable bonds is 2. The van der Waals surface area contributed by atoms with Crippen LogP contribution in [-0.2, 0) is 19.6 Å². The predicted molar refractivity (Wildman–Crippen MR) is 79.7 cm³/mol. The van der Waals surface area contributed by atoms with E-state index in [2.05, 4.69) is 21.2 Å². The number of piperazine rings is 1. The quantitative estimate of drug-likeness (QED) is 0.576. The Kier molecular flexibility index (Phi) is 3.85. The number of halogens is 1. The molecule has 2 rings (SSSR count). The first-order valence-electron chi connectivity index (χ1n) is 5.99. The van der Waals surface area contributed by atoms with Gasteiger partial charge in [0.2, 0.25) is 21.8 Å². The summed E-state index contributed by atoms with van der Waals surface area (Å²) in [5, 5.41) is 2.13. The maximum Gasteiger partial charge on any atom is 0.247 e. The first kappa shape index (κ1) is 15.9. The molecule has 0 aromatic heterocycles. The number of nitrogens with two attached hydrogens (primary N) is 1. The summed E-state index contributed by atoms with van der Waals surface area (Å²) < 4.78 is 26.7. The van der Waals surface area contributed by atoms with Crippen molar-refractivity contribution < 1.29 is 18.0 Å². The Labute approximate surface area is 130 Å². The summed E-state index contributed by atoms with van der Waals surface area (Å²) in [6.07, 6.45) is 0. The smallest absolute Gasteiger partial charge is 0.247 e. The molecule has 0 aliphatic carbocycles. The molecule has 2 amide bonds. The molecule has 1 aromatic carbocycles. The van der Waals surface area contributed by atoms with E-state index in [9.17, 15) is 18.0 Å². The number of nitrogen functional groups attached to an aromatic ring is 1. The maximum atomic E-state index is 12.7. The Balaban J connectivity index is 2.53. The molecule has 0 unspecified atom stereocenters. The fraction of sp³-hybridized carbons (Fsp3) is 0.333. The zero-order chi connectivity index (χ0) is 16.0. The third-order valence-electron chi connectivity index (χ3n) is 3.28. The van der Waals surface area contributed by atoms with Crippen molar-refractivity contribution in [1.82, 2.24) is 9.62 Å². The van der Waals surface area contributed by atoms with Crippen LogP contribution in [0.25, 0.3) is 0 Å². The molecular weight excluding hydrogens is 362 g/mol. The van der Waals surface area contributed by atoms with Gasteiger partial charge in [0, 0.05) is 10.2 Å². The summed E-state index contributed by atoms with van der Waals surface area (Å²) in [7, 11) is -4.01. The molecule has 0 atom stereocenters. The number of sulfonamides is 1. The fourth-order valence-electron chi connectivity index (χ4n) is 1.94. The summed E-state index contributed by atoms with van der Waals surface area (Å²) in [5.74, 6) is -1.31. The fourth-order valence-corrected chi connectivity index (χ4v) is 4.20. The van der Waals surface area contributed by atoms with Gasteiger partial charge in [0.15, 0.2) is 0 Å². The largest absolute Gasteiger partial charge is 0.398 e. The van der Waals surface area contributed by atoms with Crippen molar-refractivity contribution in [2.45, 2.75) is 24.3 Å². The van der Waals surface area contributed by atoms with E-state index in [0.717, 1.165) is 4.31 Å². The van der Waals surface area contributed by atoms with Crippen molar-refractivity contribution >= 4 is 43.5 Å². The molecule has 1 aliphatic rings. The van der Waals surface area contributed by atoms with E-state index in [1.165, 1.54) is 32.0 Å². The number of carbonyl (C=O) groups excluding carboxylic acids is 2. The van der Waals surface area contributed by atoms with E-state index >= 15 is 0 Å². The Morgan fingerprint density at radius 3 is 2.52 bits per heavy atom. The van der Waals surface area contributed by atoms with E-state index in [1.54, 1.807) is 0 Å². The van der Waals surface area contributed by atoms with Gasteiger partial charge in [0.1, 0.15) is 5.54 Å². The van der Waals surface area contributed by atoms with Crippen molar-refractivity contribution in [2.24, 2.45) is 0 Å². The van der Waals surface area contributed by atoms with Crippen LogP contribution in [0.4, 0.5) is 5.69 Å². The zero-order valence-electron chi connectivity index (χ0n) is 11.4. The van der Waals surface area contributed by atoms with Gasteiger partial charge in [0.05, 0.1) is 11.4 Å². The van der Waals surface area contributed by atoms with Gasteiger partial charge in [-0.3, -0.25) is 14.9 Å². The minimum atomic E-state index is -4.01. The second kappa shape index (κ2) is 5.08. The highest BCUT2D eigenvalue weighted by molar-refractivity contribution is 9.10. The van der Waals surface area contributed by atoms with Crippen LogP contribution >= 0.6 is 15.9 Å². The van der Waals surface area contributed by atoms with Gasteiger partial charge in [-0.15, -0.1) is 0 Å². The SMILES string of the molecule is CC1(C)C(=O)NC(=O)CN1S(=O)(=O)c1ccc(N)c(Br)c1. The summed E-state index contributed by atoms with van der Waals surface area (Å²) in [6.45, 7) is 2.47. The first-order valence-corrected chi connectivity index (χ1v) is 8.22. The summed E-state index contributed by atoms with van der Waals surface area (Å²) in [4.78, 5) is 23.3. The van der Waals surface area contributed by atoms with Crippen LogP contribution < -0.4 is 11.1 Å². The Hall–Kier alpha value is -1.45. The number of anilines is 1. The lowest BCUT2D eigenvalue weighted by atomic mass is 10.0. The van der Waals surface area contributed by atoms with E-state index in [4.69, 9.17) is 5.73 Å². The third kappa shape index (κ3) is 2.68. The molecule has 0 spiro atoms. The number of benzene rings is 1. The van der Waals surface area contributed by atoms with Crippen LogP contribution in [0.3, 0.4) is 0 Å². The molecule has 3 N–H and O–H groups in total. The Morgan fingerprint density at radius 2 is 1.95 bits per heavy atom. The molecule has 1 aromatic rings. The Bertz CT molecular complexity index is 730. The van der Waals surface area contributed by atoms with E-state index in [1.807, 2.05) is 0 Å². The van der Waals surface area contributed by atoms with E-state index < -0.39 is 33.9 Å². The number of hydrogen-bond donors (Lipinski definition) is 2. The monoisotopic (exact) mass is 375 g/mol. The van der Waals surface area contributed by atoms with Gasteiger partial charge in [-0.05, 0) is 48.0 Å². The molecule has 114 valence electrons. The number of amides is 2. The highest BCUT2D eigenvalue weighted by Crippen LogP contribution is 2.30. The van der Waals surface area contributed by atoms with Gasteiger partial charge in [0.25, 0.3) is 0 Å². The average Bonchev–Trinajstić information content (AvgIpc) is 2.37. The minimum absolute atomic E-state index is 0.0425. The lowest BCUT2D eigenvalue weighted by molar-refractivity contribution is -0.141. The van der Waals surface area contributed by atoms with Crippen LogP contribution in [0, 0.1) is 0 Å². The number of nitrogens with zero attached hydrogens (tertiary/aromatic N) is 1. The highest BCUT2D eigenvalue weighted by atomic mass is 79.9. The summed E-state index contributed by atoms with van der Waals surface area (Å²) >= 11 is 3.16. The van der Waals surface area contributed by atoms with Crippen LogP contribution in [0.15, 0.2) is 27.6 Å². The summed E-state index contributed by atoms with van der Waals surface area (Å²) in [6, 6.07) is 4.12. The van der Waals surface area contributed by atoms with Gasteiger partial charge >= 0.3 is 0 Å².